The van der Waals surface area contributed by atoms with Crippen molar-refractivity contribution in [3.8, 4) is 17.2 Å². The third kappa shape index (κ3) is 3.11. The number of aryl methyl sites for hydroxylation is 1. The van der Waals surface area contributed by atoms with Crippen LogP contribution in [-0.2, 0) is 6.42 Å². The van der Waals surface area contributed by atoms with E-state index >= 15 is 0 Å². The molecule has 2 aromatic rings. The van der Waals surface area contributed by atoms with Gasteiger partial charge in [-0.15, -0.1) is 0 Å². The van der Waals surface area contributed by atoms with Gasteiger partial charge in [-0.3, -0.25) is 0 Å². The van der Waals surface area contributed by atoms with Crippen molar-refractivity contribution >= 4 is 0 Å². The molecule has 0 unspecified atom stereocenters. The van der Waals surface area contributed by atoms with Crippen molar-refractivity contribution in [2.24, 2.45) is 0 Å². The normalized spacial score (nSPS) is 12.0. The molecule has 20 heavy (non-hydrogen) atoms. The minimum Gasteiger partial charge on any atom is -0.493 e. The molecule has 0 heterocycles. The number of methoxy groups -OCH3 is 1. The molecule has 2 aromatic carbocycles. The van der Waals surface area contributed by atoms with Gasteiger partial charge in [0.05, 0.1) is 13.2 Å². The highest BCUT2D eigenvalue weighted by Crippen LogP contribution is 2.35. The maximum absolute atomic E-state index is 9.78. The lowest BCUT2D eigenvalue weighted by Gasteiger charge is -2.15. The zero-order valence-electron chi connectivity index (χ0n) is 12.1. The summed E-state index contributed by atoms with van der Waals surface area (Å²) >= 11 is 0. The Kier molecular flexibility index (Phi) is 4.64. The maximum Gasteiger partial charge on any atom is 0.169 e. The monoisotopic (exact) mass is 272 g/mol. The third-order valence-electron chi connectivity index (χ3n) is 3.23. The van der Waals surface area contributed by atoms with Crippen molar-refractivity contribution in [2.45, 2.75) is 26.4 Å². The predicted octanol–water partition coefficient (Wildman–Crippen LogP) is 4.10. The zero-order chi connectivity index (χ0) is 14.5. The summed E-state index contributed by atoms with van der Waals surface area (Å²) in [5.41, 5.74) is 1.95. The fourth-order valence-corrected chi connectivity index (χ4v) is 2.05. The molecule has 1 atom stereocenters. The van der Waals surface area contributed by atoms with Crippen LogP contribution in [0.1, 0.15) is 31.1 Å². The van der Waals surface area contributed by atoms with Gasteiger partial charge in [-0.1, -0.05) is 31.2 Å². The van der Waals surface area contributed by atoms with Crippen molar-refractivity contribution in [1.29, 1.82) is 0 Å². The zero-order valence-corrected chi connectivity index (χ0v) is 12.1. The highest BCUT2D eigenvalue weighted by atomic mass is 16.5. The van der Waals surface area contributed by atoms with Gasteiger partial charge in [0, 0.05) is 5.56 Å². The summed E-state index contributed by atoms with van der Waals surface area (Å²) in [6.45, 7) is 3.82. The molecule has 0 spiro atoms. The number of para-hydroxylation sites is 1. The van der Waals surface area contributed by atoms with Crippen molar-refractivity contribution < 1.29 is 14.6 Å². The van der Waals surface area contributed by atoms with Crippen LogP contribution in [0.3, 0.4) is 0 Å². The first-order chi connectivity index (χ1) is 9.65. The molecule has 0 saturated heterocycles. The SMILES string of the molecule is CCc1ccc(Oc2ccccc2[C@@H](C)O)c(OC)c1. The lowest BCUT2D eigenvalue weighted by molar-refractivity contribution is 0.195. The second-order valence-electron chi connectivity index (χ2n) is 4.65. The van der Waals surface area contributed by atoms with Crippen LogP contribution in [0.2, 0.25) is 0 Å². The number of benzene rings is 2. The van der Waals surface area contributed by atoms with Gasteiger partial charge in [0.2, 0.25) is 0 Å². The molecular formula is C17H20O3. The van der Waals surface area contributed by atoms with Gasteiger partial charge < -0.3 is 14.6 Å². The molecule has 0 aliphatic carbocycles. The van der Waals surface area contributed by atoms with Crippen LogP contribution in [0, 0.1) is 0 Å². The number of hydrogen-bond donors (Lipinski definition) is 1. The molecule has 1 N–H and O–H groups in total. The minimum atomic E-state index is -0.577. The lowest BCUT2D eigenvalue weighted by atomic mass is 10.1. The second-order valence-corrected chi connectivity index (χ2v) is 4.65. The number of rotatable bonds is 5. The summed E-state index contributed by atoms with van der Waals surface area (Å²) in [7, 11) is 1.63. The first kappa shape index (κ1) is 14.4. The van der Waals surface area contributed by atoms with Gasteiger partial charge in [-0.25, -0.2) is 0 Å². The van der Waals surface area contributed by atoms with Crippen molar-refractivity contribution in [3.05, 3.63) is 53.6 Å². The highest BCUT2D eigenvalue weighted by Gasteiger charge is 2.12. The summed E-state index contributed by atoms with van der Waals surface area (Å²) in [4.78, 5) is 0. The summed E-state index contributed by atoms with van der Waals surface area (Å²) in [6, 6.07) is 13.3. The number of ether oxygens (including phenoxy) is 2. The van der Waals surface area contributed by atoms with Crippen LogP contribution in [0.25, 0.3) is 0 Å². The topological polar surface area (TPSA) is 38.7 Å². The van der Waals surface area contributed by atoms with E-state index in [2.05, 4.69) is 6.92 Å². The third-order valence-corrected chi connectivity index (χ3v) is 3.23. The van der Waals surface area contributed by atoms with Gasteiger partial charge in [0.25, 0.3) is 0 Å². The van der Waals surface area contributed by atoms with Crippen LogP contribution >= 0.6 is 0 Å². The molecule has 0 aliphatic rings. The summed E-state index contributed by atoms with van der Waals surface area (Å²) in [5.74, 6) is 1.99. The van der Waals surface area contributed by atoms with Crippen LogP contribution in [0.15, 0.2) is 42.5 Å². The Labute approximate surface area is 119 Å². The molecule has 2 rings (SSSR count). The Morgan fingerprint density at radius 3 is 2.45 bits per heavy atom. The average Bonchev–Trinajstić information content (AvgIpc) is 2.48. The van der Waals surface area contributed by atoms with Crippen LogP contribution in [0.5, 0.6) is 17.2 Å². The Morgan fingerprint density at radius 2 is 1.80 bits per heavy atom. The smallest absolute Gasteiger partial charge is 0.169 e. The summed E-state index contributed by atoms with van der Waals surface area (Å²) in [6.07, 6.45) is 0.369. The molecule has 0 fully saturated rings. The van der Waals surface area contributed by atoms with Gasteiger partial charge in [-0.05, 0) is 37.1 Å². The van der Waals surface area contributed by atoms with E-state index < -0.39 is 6.10 Å². The van der Waals surface area contributed by atoms with E-state index in [0.717, 1.165) is 12.0 Å². The first-order valence-electron chi connectivity index (χ1n) is 6.77. The van der Waals surface area contributed by atoms with Crippen LogP contribution in [0.4, 0.5) is 0 Å². The van der Waals surface area contributed by atoms with E-state index in [-0.39, 0.29) is 0 Å². The molecule has 0 saturated carbocycles. The Hall–Kier alpha value is -2.00. The van der Waals surface area contributed by atoms with Crippen molar-refractivity contribution in [2.75, 3.05) is 7.11 Å². The minimum absolute atomic E-state index is 0.577. The van der Waals surface area contributed by atoms with Crippen LogP contribution < -0.4 is 9.47 Å². The lowest BCUT2D eigenvalue weighted by Crippen LogP contribution is -1.97. The fourth-order valence-electron chi connectivity index (χ4n) is 2.05. The molecule has 3 heteroatoms. The quantitative estimate of drug-likeness (QED) is 0.890. The van der Waals surface area contributed by atoms with Gasteiger partial charge in [0.1, 0.15) is 5.75 Å². The average molecular weight is 272 g/mol. The summed E-state index contributed by atoms with van der Waals surface area (Å²) < 4.78 is 11.3. The van der Waals surface area contributed by atoms with Gasteiger partial charge in [-0.2, -0.15) is 0 Å². The van der Waals surface area contributed by atoms with E-state index in [0.29, 0.717) is 17.2 Å². The van der Waals surface area contributed by atoms with Crippen molar-refractivity contribution in [1.82, 2.24) is 0 Å². The standard InChI is InChI=1S/C17H20O3/c1-4-13-9-10-16(17(11-13)19-3)20-15-8-6-5-7-14(15)12(2)18/h5-12,18H,4H2,1-3H3/t12-/m1/s1. The fraction of sp³-hybridized carbons (Fsp3) is 0.294. The summed E-state index contributed by atoms with van der Waals surface area (Å²) in [5, 5.41) is 9.78. The van der Waals surface area contributed by atoms with Crippen LogP contribution in [-0.4, -0.2) is 12.2 Å². The van der Waals surface area contributed by atoms with Gasteiger partial charge in [0.15, 0.2) is 11.5 Å². The Morgan fingerprint density at radius 1 is 1.05 bits per heavy atom. The largest absolute Gasteiger partial charge is 0.493 e. The van der Waals surface area contributed by atoms with E-state index in [1.807, 2.05) is 42.5 Å². The maximum atomic E-state index is 9.78. The Bertz CT molecular complexity index is 576. The van der Waals surface area contributed by atoms with Gasteiger partial charge >= 0.3 is 0 Å². The number of hydrogen-bond acceptors (Lipinski definition) is 3. The number of aliphatic hydroxyl groups is 1. The molecule has 0 amide bonds. The number of aliphatic hydroxyl groups excluding tert-OH is 1. The Balaban J connectivity index is 2.35. The van der Waals surface area contributed by atoms with E-state index in [1.165, 1.54) is 5.56 Å². The highest BCUT2D eigenvalue weighted by molar-refractivity contribution is 5.47. The molecule has 0 aliphatic heterocycles. The molecule has 0 radical (unpaired) electrons. The van der Waals surface area contributed by atoms with E-state index in [4.69, 9.17) is 9.47 Å². The predicted molar refractivity (Wildman–Crippen MR) is 79.5 cm³/mol. The molecular weight excluding hydrogens is 252 g/mol. The molecule has 0 aromatic heterocycles. The van der Waals surface area contributed by atoms with E-state index in [9.17, 15) is 5.11 Å². The molecule has 106 valence electrons. The first-order valence-corrected chi connectivity index (χ1v) is 6.77. The van der Waals surface area contributed by atoms with E-state index in [1.54, 1.807) is 14.0 Å². The molecule has 0 bridgehead atoms. The van der Waals surface area contributed by atoms with Crippen molar-refractivity contribution in [3.63, 3.8) is 0 Å². The molecule has 3 nitrogen and oxygen atoms in total. The second kappa shape index (κ2) is 6.44.